The van der Waals surface area contributed by atoms with Gasteiger partial charge in [-0.15, -0.1) is 0 Å². The van der Waals surface area contributed by atoms with Gasteiger partial charge >= 0.3 is 0 Å². The molecule has 0 bridgehead atoms. The average Bonchev–Trinajstić information content (AvgIpc) is 3.86. The van der Waals surface area contributed by atoms with Crippen molar-refractivity contribution in [1.29, 1.82) is 5.26 Å². The van der Waals surface area contributed by atoms with E-state index in [0.29, 0.717) is 5.56 Å². The van der Waals surface area contributed by atoms with Crippen LogP contribution in [0.15, 0.2) is 182 Å². The van der Waals surface area contributed by atoms with Crippen LogP contribution >= 0.6 is 0 Å². The molecule has 3 aromatic heterocycles. The van der Waals surface area contributed by atoms with Crippen molar-refractivity contribution in [3.05, 3.63) is 188 Å². The summed E-state index contributed by atoms with van der Waals surface area (Å²) < 4.78 is 6.97. The van der Waals surface area contributed by atoms with E-state index in [9.17, 15) is 5.26 Å². The Bertz CT molecular complexity index is 3280. The lowest BCUT2D eigenvalue weighted by atomic mass is 10.00. The van der Waals surface area contributed by atoms with Crippen molar-refractivity contribution in [1.82, 2.24) is 13.7 Å². The van der Waals surface area contributed by atoms with Crippen molar-refractivity contribution < 1.29 is 0 Å². The predicted octanol–water partition coefficient (Wildman–Crippen LogP) is 12.5. The second-order valence-corrected chi connectivity index (χ2v) is 13.6. The van der Waals surface area contributed by atoms with E-state index in [-0.39, 0.29) is 0 Å². The van der Waals surface area contributed by atoms with Crippen LogP contribution in [-0.2, 0) is 0 Å². The fourth-order valence-electron chi connectivity index (χ4n) is 8.71. The molecule has 0 spiro atoms. The quantitative estimate of drug-likeness (QED) is 0.183. The Labute approximate surface area is 305 Å². The first-order valence-corrected chi connectivity index (χ1v) is 17.9. The van der Waals surface area contributed by atoms with Crippen LogP contribution in [0.25, 0.3) is 93.6 Å². The fourth-order valence-corrected chi connectivity index (χ4v) is 8.71. The largest absolute Gasteiger partial charge is 0.309 e. The van der Waals surface area contributed by atoms with Crippen LogP contribution in [0.2, 0.25) is 0 Å². The number of hydrogen-bond donors (Lipinski definition) is 0. The van der Waals surface area contributed by atoms with Crippen molar-refractivity contribution in [2.75, 3.05) is 0 Å². The summed E-state index contributed by atoms with van der Waals surface area (Å²) in [5.41, 5.74) is 12.6. The number of nitriles is 1. The lowest BCUT2D eigenvalue weighted by Crippen LogP contribution is -1.99. The first kappa shape index (κ1) is 29.4. The molecular weight excluding hydrogens is 645 g/mol. The second kappa shape index (κ2) is 11.3. The molecule has 4 nitrogen and oxygen atoms in total. The summed E-state index contributed by atoms with van der Waals surface area (Å²) >= 11 is 0. The molecule has 0 unspecified atom stereocenters. The van der Waals surface area contributed by atoms with Gasteiger partial charge in [-0.3, -0.25) is 0 Å². The van der Waals surface area contributed by atoms with Gasteiger partial charge in [-0.25, -0.2) is 0 Å². The van der Waals surface area contributed by atoms with E-state index in [2.05, 4.69) is 196 Å². The van der Waals surface area contributed by atoms with Gasteiger partial charge < -0.3 is 13.7 Å². The van der Waals surface area contributed by atoms with Crippen LogP contribution in [0.3, 0.4) is 0 Å². The van der Waals surface area contributed by atoms with E-state index in [1.54, 1.807) is 0 Å². The molecule has 3 heterocycles. The van der Waals surface area contributed by atoms with Crippen molar-refractivity contribution in [2.24, 2.45) is 0 Å². The fraction of sp³-hybridized carbons (Fsp3) is 0. The van der Waals surface area contributed by atoms with Crippen LogP contribution in [0.5, 0.6) is 0 Å². The standard InChI is InChI=1S/C49H30N4/c50-31-33-30-46-47(38-21-9-13-25-43(38)52(46)35-17-5-2-6-18-35)48-39-22-10-14-26-44(39)53(49(33)48)41-23-11-7-19-36(41)32-27-28-45-40(29-32)37-20-8-12-24-42(37)51(45)34-15-3-1-4-16-34/h1-30H. The van der Waals surface area contributed by atoms with Crippen LogP contribution < -0.4 is 0 Å². The van der Waals surface area contributed by atoms with Gasteiger partial charge in [0.1, 0.15) is 6.07 Å². The van der Waals surface area contributed by atoms with E-state index in [4.69, 9.17) is 0 Å². The monoisotopic (exact) mass is 674 g/mol. The maximum atomic E-state index is 11.0. The van der Waals surface area contributed by atoms with Gasteiger partial charge in [0.15, 0.2) is 0 Å². The van der Waals surface area contributed by atoms with E-state index in [0.717, 1.165) is 71.8 Å². The van der Waals surface area contributed by atoms with Gasteiger partial charge in [-0.05, 0) is 72.3 Å². The number of fused-ring (bicyclic) bond motifs is 10. The number of aromatic nitrogens is 3. The third-order valence-corrected chi connectivity index (χ3v) is 10.8. The topological polar surface area (TPSA) is 38.6 Å². The molecule has 0 aliphatic rings. The Hall–Kier alpha value is -7.35. The molecule has 53 heavy (non-hydrogen) atoms. The van der Waals surface area contributed by atoms with Gasteiger partial charge in [0.05, 0.1) is 44.4 Å². The molecule has 0 fully saturated rings. The van der Waals surface area contributed by atoms with Crippen molar-refractivity contribution in [3.63, 3.8) is 0 Å². The van der Waals surface area contributed by atoms with Gasteiger partial charge in [0, 0.05) is 49.3 Å². The minimum absolute atomic E-state index is 0.639. The average molecular weight is 675 g/mol. The maximum Gasteiger partial charge on any atom is 0.101 e. The summed E-state index contributed by atoms with van der Waals surface area (Å²) in [5, 5.41) is 17.9. The number of rotatable bonds is 4. The minimum Gasteiger partial charge on any atom is -0.309 e. The summed E-state index contributed by atoms with van der Waals surface area (Å²) in [6.45, 7) is 0. The minimum atomic E-state index is 0.639. The van der Waals surface area contributed by atoms with Gasteiger partial charge in [-0.1, -0.05) is 115 Å². The zero-order valence-corrected chi connectivity index (χ0v) is 28.6. The van der Waals surface area contributed by atoms with Crippen molar-refractivity contribution >= 4 is 65.4 Å². The van der Waals surface area contributed by atoms with Gasteiger partial charge in [0.25, 0.3) is 0 Å². The van der Waals surface area contributed by atoms with Gasteiger partial charge in [0.2, 0.25) is 0 Å². The summed E-state index contributed by atoms with van der Waals surface area (Å²) in [6, 6.07) is 67.0. The molecule has 11 rings (SSSR count). The summed E-state index contributed by atoms with van der Waals surface area (Å²) in [4.78, 5) is 0. The Morgan fingerprint density at radius 1 is 0.377 bits per heavy atom. The summed E-state index contributed by atoms with van der Waals surface area (Å²) in [5.74, 6) is 0. The highest BCUT2D eigenvalue weighted by Gasteiger charge is 2.24. The first-order valence-electron chi connectivity index (χ1n) is 17.9. The van der Waals surface area contributed by atoms with Gasteiger partial charge in [-0.2, -0.15) is 5.26 Å². The van der Waals surface area contributed by atoms with Crippen molar-refractivity contribution in [3.8, 4) is 34.3 Å². The molecule has 0 saturated carbocycles. The SMILES string of the molecule is N#Cc1cc2c(c3ccccc3n2-c2ccccc2)c2c3ccccc3n(-c3ccccc3-c3ccc4c(c3)c3ccccc3n4-c3ccccc3)c12. The Morgan fingerprint density at radius 3 is 1.57 bits per heavy atom. The summed E-state index contributed by atoms with van der Waals surface area (Å²) in [6.07, 6.45) is 0. The lowest BCUT2D eigenvalue weighted by Gasteiger charge is -2.15. The third-order valence-electron chi connectivity index (χ3n) is 10.8. The molecule has 11 aromatic rings. The number of para-hydroxylation sites is 6. The highest BCUT2D eigenvalue weighted by Crippen LogP contribution is 2.45. The van der Waals surface area contributed by atoms with Crippen LogP contribution in [0.1, 0.15) is 5.56 Å². The lowest BCUT2D eigenvalue weighted by molar-refractivity contribution is 1.17. The van der Waals surface area contributed by atoms with E-state index in [1.807, 2.05) is 6.07 Å². The number of benzene rings is 8. The molecule has 0 radical (unpaired) electrons. The molecular formula is C49H30N4. The van der Waals surface area contributed by atoms with Crippen LogP contribution in [0.4, 0.5) is 0 Å². The van der Waals surface area contributed by atoms with Crippen LogP contribution in [0, 0.1) is 11.3 Å². The zero-order chi connectivity index (χ0) is 35.0. The highest BCUT2D eigenvalue weighted by atomic mass is 15.0. The summed E-state index contributed by atoms with van der Waals surface area (Å²) in [7, 11) is 0. The molecule has 0 aliphatic carbocycles. The Kier molecular flexibility index (Phi) is 6.28. The predicted molar refractivity (Wildman–Crippen MR) is 220 cm³/mol. The molecule has 0 amide bonds. The third kappa shape index (κ3) is 4.16. The molecule has 0 aliphatic heterocycles. The highest BCUT2D eigenvalue weighted by molar-refractivity contribution is 6.30. The molecule has 0 atom stereocenters. The van der Waals surface area contributed by atoms with E-state index < -0.39 is 0 Å². The molecule has 0 saturated heterocycles. The maximum absolute atomic E-state index is 11.0. The molecule has 246 valence electrons. The molecule has 0 N–H and O–H groups in total. The van der Waals surface area contributed by atoms with E-state index in [1.165, 1.54) is 21.8 Å². The molecule has 8 aromatic carbocycles. The second-order valence-electron chi connectivity index (χ2n) is 13.6. The normalized spacial score (nSPS) is 11.8. The smallest absolute Gasteiger partial charge is 0.101 e. The van der Waals surface area contributed by atoms with E-state index >= 15 is 0 Å². The Morgan fingerprint density at radius 2 is 0.887 bits per heavy atom. The van der Waals surface area contributed by atoms with Crippen LogP contribution in [-0.4, -0.2) is 13.7 Å². The molecule has 4 heteroatoms. The van der Waals surface area contributed by atoms with Crippen molar-refractivity contribution in [2.45, 2.75) is 0 Å². The zero-order valence-electron chi connectivity index (χ0n) is 28.6. The first-order chi connectivity index (χ1) is 26.3. The number of nitrogens with zero attached hydrogens (tertiary/aromatic N) is 4. The Balaban J connectivity index is 1.23. The number of hydrogen-bond acceptors (Lipinski definition) is 1.